The molecule has 3 nitrogen and oxygen atoms in total. The second-order valence-corrected chi connectivity index (χ2v) is 5.33. The molecule has 0 saturated heterocycles. The number of hydrogen-bond acceptors (Lipinski definition) is 3. The largest absolute Gasteiger partial charge is 0.491 e. The van der Waals surface area contributed by atoms with Crippen molar-refractivity contribution in [3.8, 4) is 5.75 Å². The number of aliphatic hydroxyl groups excluding tert-OH is 1. The smallest absolute Gasteiger partial charge is 0.163 e. The van der Waals surface area contributed by atoms with Crippen LogP contribution in [0.3, 0.4) is 0 Å². The SMILES string of the molecule is O=C1CCCc2ccc(OCC(O)c3ccccc3)cc21. The van der Waals surface area contributed by atoms with Gasteiger partial charge in [-0.25, -0.2) is 0 Å². The highest BCUT2D eigenvalue weighted by atomic mass is 16.5. The molecule has 2 aromatic rings. The van der Waals surface area contributed by atoms with Crippen molar-refractivity contribution in [3.63, 3.8) is 0 Å². The van der Waals surface area contributed by atoms with Gasteiger partial charge in [-0.05, 0) is 36.1 Å². The van der Waals surface area contributed by atoms with Crippen molar-refractivity contribution in [3.05, 3.63) is 65.2 Å². The van der Waals surface area contributed by atoms with Crippen LogP contribution in [-0.2, 0) is 6.42 Å². The van der Waals surface area contributed by atoms with Crippen molar-refractivity contribution in [1.29, 1.82) is 0 Å². The zero-order valence-electron chi connectivity index (χ0n) is 11.8. The Bertz CT molecular complexity index is 634. The molecule has 1 N–H and O–H groups in total. The molecule has 0 bridgehead atoms. The number of carbonyl (C=O) groups excluding carboxylic acids is 1. The monoisotopic (exact) mass is 282 g/mol. The third-order valence-corrected chi connectivity index (χ3v) is 3.82. The Hall–Kier alpha value is -2.13. The van der Waals surface area contributed by atoms with Crippen LogP contribution in [0.25, 0.3) is 0 Å². The van der Waals surface area contributed by atoms with Crippen LogP contribution in [0.1, 0.15) is 40.4 Å². The van der Waals surface area contributed by atoms with Gasteiger partial charge in [0.2, 0.25) is 0 Å². The molecular formula is C18H18O3. The summed E-state index contributed by atoms with van der Waals surface area (Å²) in [5.41, 5.74) is 2.70. The first-order valence-electron chi connectivity index (χ1n) is 7.26. The molecule has 0 amide bonds. The van der Waals surface area contributed by atoms with E-state index in [2.05, 4.69) is 0 Å². The van der Waals surface area contributed by atoms with Crippen LogP contribution in [0.5, 0.6) is 5.75 Å². The lowest BCUT2D eigenvalue weighted by Gasteiger charge is -2.17. The summed E-state index contributed by atoms with van der Waals surface area (Å²) in [6.45, 7) is 0.178. The number of Topliss-reactive ketones (excluding diaryl/α,β-unsaturated/α-hetero) is 1. The topological polar surface area (TPSA) is 46.5 Å². The first-order valence-corrected chi connectivity index (χ1v) is 7.26. The number of benzene rings is 2. The van der Waals surface area contributed by atoms with E-state index in [0.29, 0.717) is 12.2 Å². The van der Waals surface area contributed by atoms with Crippen LogP contribution in [0.2, 0.25) is 0 Å². The summed E-state index contributed by atoms with van der Waals surface area (Å²) in [6.07, 6.45) is 1.83. The van der Waals surface area contributed by atoms with E-state index in [1.165, 1.54) is 0 Å². The van der Waals surface area contributed by atoms with Gasteiger partial charge in [-0.3, -0.25) is 4.79 Å². The third kappa shape index (κ3) is 3.14. The van der Waals surface area contributed by atoms with Crippen LogP contribution in [0.15, 0.2) is 48.5 Å². The summed E-state index contributed by atoms with van der Waals surface area (Å²) in [5.74, 6) is 0.823. The zero-order valence-corrected chi connectivity index (χ0v) is 11.8. The summed E-state index contributed by atoms with van der Waals surface area (Å²) in [6, 6.07) is 15.0. The molecular weight excluding hydrogens is 264 g/mol. The van der Waals surface area contributed by atoms with Gasteiger partial charge < -0.3 is 9.84 Å². The van der Waals surface area contributed by atoms with Crippen LogP contribution in [0.4, 0.5) is 0 Å². The van der Waals surface area contributed by atoms with Gasteiger partial charge in [0.1, 0.15) is 18.5 Å². The van der Waals surface area contributed by atoms with Crippen molar-refractivity contribution in [1.82, 2.24) is 0 Å². The van der Waals surface area contributed by atoms with Crippen molar-refractivity contribution in [2.45, 2.75) is 25.4 Å². The second kappa shape index (κ2) is 6.10. The molecule has 1 aliphatic carbocycles. The summed E-state index contributed by atoms with van der Waals surface area (Å²) in [7, 11) is 0. The maximum atomic E-state index is 11.9. The minimum absolute atomic E-state index is 0.178. The van der Waals surface area contributed by atoms with E-state index in [1.807, 2.05) is 42.5 Å². The molecule has 108 valence electrons. The highest BCUT2D eigenvalue weighted by Crippen LogP contribution is 2.26. The van der Waals surface area contributed by atoms with Gasteiger partial charge in [-0.2, -0.15) is 0 Å². The molecule has 3 rings (SSSR count). The van der Waals surface area contributed by atoms with E-state index in [0.717, 1.165) is 29.5 Å². The molecule has 1 atom stereocenters. The Morgan fingerprint density at radius 1 is 1.10 bits per heavy atom. The van der Waals surface area contributed by atoms with Crippen molar-refractivity contribution in [2.75, 3.05) is 6.61 Å². The van der Waals surface area contributed by atoms with E-state index in [-0.39, 0.29) is 12.4 Å². The van der Waals surface area contributed by atoms with Crippen LogP contribution in [0, 0.1) is 0 Å². The number of fused-ring (bicyclic) bond motifs is 1. The number of ether oxygens (including phenoxy) is 1. The van der Waals surface area contributed by atoms with Crippen molar-refractivity contribution < 1.29 is 14.6 Å². The minimum Gasteiger partial charge on any atom is -0.491 e. The molecule has 1 aliphatic rings. The minimum atomic E-state index is -0.669. The molecule has 0 saturated carbocycles. The molecule has 2 aromatic carbocycles. The van der Waals surface area contributed by atoms with Gasteiger partial charge >= 0.3 is 0 Å². The summed E-state index contributed by atoms with van der Waals surface area (Å²) in [4.78, 5) is 11.9. The lowest BCUT2D eigenvalue weighted by Crippen LogP contribution is -2.12. The quantitative estimate of drug-likeness (QED) is 0.935. The predicted molar refractivity (Wildman–Crippen MR) is 80.6 cm³/mol. The van der Waals surface area contributed by atoms with E-state index < -0.39 is 6.10 Å². The fraction of sp³-hybridized carbons (Fsp3) is 0.278. The molecule has 0 aromatic heterocycles. The Labute approximate surface area is 124 Å². The Morgan fingerprint density at radius 3 is 2.71 bits per heavy atom. The number of aliphatic hydroxyl groups is 1. The first-order chi connectivity index (χ1) is 10.2. The third-order valence-electron chi connectivity index (χ3n) is 3.82. The Balaban J connectivity index is 1.68. The summed E-state index contributed by atoms with van der Waals surface area (Å²) < 4.78 is 5.63. The average Bonchev–Trinajstić information content (AvgIpc) is 2.54. The maximum absolute atomic E-state index is 11.9. The molecule has 0 aliphatic heterocycles. The van der Waals surface area contributed by atoms with E-state index in [1.54, 1.807) is 6.07 Å². The number of rotatable bonds is 4. The van der Waals surface area contributed by atoms with Gasteiger partial charge in [-0.1, -0.05) is 36.4 Å². The number of hydrogen-bond donors (Lipinski definition) is 1. The highest BCUT2D eigenvalue weighted by Gasteiger charge is 2.18. The Morgan fingerprint density at radius 2 is 1.90 bits per heavy atom. The first kappa shape index (κ1) is 13.8. The van der Waals surface area contributed by atoms with Crippen LogP contribution in [-0.4, -0.2) is 17.5 Å². The normalized spacial score (nSPS) is 15.4. The van der Waals surface area contributed by atoms with Crippen molar-refractivity contribution >= 4 is 5.78 Å². The van der Waals surface area contributed by atoms with E-state index >= 15 is 0 Å². The standard InChI is InChI=1S/C18H18O3/c19-17-8-4-7-13-9-10-15(11-16(13)17)21-12-18(20)14-5-2-1-3-6-14/h1-3,5-6,9-11,18,20H,4,7-8,12H2. The molecule has 1 unspecified atom stereocenters. The fourth-order valence-corrected chi connectivity index (χ4v) is 2.64. The molecule has 0 radical (unpaired) electrons. The molecule has 0 fully saturated rings. The van der Waals surface area contributed by atoms with Gasteiger partial charge in [0.05, 0.1) is 0 Å². The number of aryl methyl sites for hydroxylation is 1. The fourth-order valence-electron chi connectivity index (χ4n) is 2.64. The molecule has 3 heteroatoms. The maximum Gasteiger partial charge on any atom is 0.163 e. The highest BCUT2D eigenvalue weighted by molar-refractivity contribution is 5.98. The predicted octanol–water partition coefficient (Wildman–Crippen LogP) is 3.32. The van der Waals surface area contributed by atoms with E-state index in [4.69, 9.17) is 4.74 Å². The van der Waals surface area contributed by atoms with Gasteiger partial charge in [0.25, 0.3) is 0 Å². The molecule has 21 heavy (non-hydrogen) atoms. The van der Waals surface area contributed by atoms with Gasteiger partial charge in [-0.15, -0.1) is 0 Å². The lowest BCUT2D eigenvalue weighted by molar-refractivity contribution is 0.0970. The number of carbonyl (C=O) groups is 1. The van der Waals surface area contributed by atoms with E-state index in [9.17, 15) is 9.90 Å². The number of ketones is 1. The van der Waals surface area contributed by atoms with Gasteiger partial charge in [0.15, 0.2) is 5.78 Å². The summed E-state index contributed by atoms with van der Waals surface area (Å²) >= 11 is 0. The average molecular weight is 282 g/mol. The van der Waals surface area contributed by atoms with Crippen molar-refractivity contribution in [2.24, 2.45) is 0 Å². The second-order valence-electron chi connectivity index (χ2n) is 5.33. The summed E-state index contributed by atoms with van der Waals surface area (Å²) in [5, 5.41) is 10.1. The lowest BCUT2D eigenvalue weighted by atomic mass is 9.90. The zero-order chi connectivity index (χ0) is 14.7. The molecule has 0 spiro atoms. The van der Waals surface area contributed by atoms with Crippen LogP contribution < -0.4 is 4.74 Å². The van der Waals surface area contributed by atoms with Gasteiger partial charge in [0, 0.05) is 12.0 Å². The Kier molecular flexibility index (Phi) is 4.02. The molecule has 0 heterocycles. The van der Waals surface area contributed by atoms with Crippen LogP contribution >= 0.6 is 0 Å².